The van der Waals surface area contributed by atoms with Crippen molar-refractivity contribution in [3.8, 4) is 11.3 Å². The smallest absolute Gasteiger partial charge is 0.359 e. The van der Waals surface area contributed by atoms with E-state index in [1.165, 1.54) is 17.4 Å². The van der Waals surface area contributed by atoms with E-state index in [1.807, 2.05) is 23.1 Å². The number of hydrogen-bond acceptors (Lipinski definition) is 7. The normalized spacial score (nSPS) is 16.7. The minimum Gasteiger partial charge on any atom is -0.359 e. The van der Waals surface area contributed by atoms with Crippen LogP contribution in [0.2, 0.25) is 0 Å². The third kappa shape index (κ3) is 6.52. The summed E-state index contributed by atoms with van der Waals surface area (Å²) >= 11 is 1.49. The largest absolute Gasteiger partial charge is 0.416 e. The predicted molar refractivity (Wildman–Crippen MR) is 156 cm³/mol. The summed E-state index contributed by atoms with van der Waals surface area (Å²) in [5.41, 5.74) is 2.16. The number of alkyl halides is 3. The fraction of sp³-hybridized carbons (Fsp3) is 0.367. The molecule has 1 saturated heterocycles. The van der Waals surface area contributed by atoms with Gasteiger partial charge in [-0.15, -0.1) is 0 Å². The number of likely N-dealkylation sites (N-methyl/N-ethyl adjacent to an activating group) is 1. The minimum atomic E-state index is -4.53. The van der Waals surface area contributed by atoms with Crippen LogP contribution in [0.25, 0.3) is 21.6 Å². The van der Waals surface area contributed by atoms with Crippen molar-refractivity contribution in [2.75, 3.05) is 43.4 Å². The van der Waals surface area contributed by atoms with Crippen LogP contribution < -0.4 is 10.6 Å². The number of halogens is 3. The van der Waals surface area contributed by atoms with Gasteiger partial charge in [0.05, 0.1) is 11.3 Å². The highest BCUT2D eigenvalue weighted by atomic mass is 32.1. The average molecular weight is 581 g/mol. The number of hydrogen-bond donors (Lipinski definition) is 2. The molecule has 2 aromatic carbocycles. The summed E-state index contributed by atoms with van der Waals surface area (Å²) in [5, 5.41) is 6.90. The number of carbonyl (C=O) groups excluding carboxylic acids is 1. The lowest BCUT2D eigenvalue weighted by Crippen LogP contribution is -2.45. The Kier molecular flexibility index (Phi) is 7.67. The number of aromatic nitrogens is 2. The summed E-state index contributed by atoms with van der Waals surface area (Å²) in [5.74, 6) is -0.488. The molecule has 214 valence electrons. The van der Waals surface area contributed by atoms with Gasteiger partial charge in [0.1, 0.15) is 10.3 Å². The van der Waals surface area contributed by atoms with E-state index in [9.17, 15) is 18.0 Å². The summed E-state index contributed by atoms with van der Waals surface area (Å²) < 4.78 is 42.1. The van der Waals surface area contributed by atoms with Crippen LogP contribution in [-0.4, -0.2) is 64.4 Å². The second-order valence-electron chi connectivity index (χ2n) is 10.6. The van der Waals surface area contributed by atoms with Gasteiger partial charge in [-0.1, -0.05) is 36.5 Å². The Balaban J connectivity index is 1.18. The molecule has 0 bridgehead atoms. The molecule has 4 aromatic rings. The van der Waals surface area contributed by atoms with Gasteiger partial charge in [-0.25, -0.2) is 9.97 Å². The Morgan fingerprint density at radius 1 is 1.00 bits per heavy atom. The summed E-state index contributed by atoms with van der Waals surface area (Å²) in [6.45, 7) is 6.39. The third-order valence-corrected chi connectivity index (χ3v) is 8.46. The number of piperazine rings is 1. The predicted octanol–water partition coefficient (Wildman–Crippen LogP) is 6.34. The number of thiazole rings is 1. The lowest BCUT2D eigenvalue weighted by atomic mass is 10.0. The van der Waals surface area contributed by atoms with Crippen LogP contribution in [0.15, 0.2) is 54.6 Å². The number of pyridine rings is 1. The van der Waals surface area contributed by atoms with E-state index in [4.69, 9.17) is 4.98 Å². The van der Waals surface area contributed by atoms with E-state index in [0.717, 1.165) is 72.7 Å². The molecule has 1 aliphatic heterocycles. The van der Waals surface area contributed by atoms with Crippen molar-refractivity contribution in [3.63, 3.8) is 0 Å². The Labute approximate surface area is 240 Å². The zero-order valence-corrected chi connectivity index (χ0v) is 23.5. The first-order valence-electron chi connectivity index (χ1n) is 13.9. The fourth-order valence-electron chi connectivity index (χ4n) is 5.03. The van der Waals surface area contributed by atoms with Crippen LogP contribution in [0.5, 0.6) is 0 Å². The summed E-state index contributed by atoms with van der Waals surface area (Å²) in [6.07, 6.45) is -2.22. The Bertz CT molecular complexity index is 1560. The second-order valence-corrected chi connectivity index (χ2v) is 11.6. The average Bonchev–Trinajstić information content (AvgIpc) is 3.69. The molecule has 0 spiro atoms. The molecule has 2 aliphatic rings. The molecule has 6 rings (SSSR count). The number of nitrogens with zero attached hydrogens (tertiary/aromatic N) is 4. The van der Waals surface area contributed by atoms with Crippen molar-refractivity contribution in [1.29, 1.82) is 0 Å². The number of rotatable bonds is 8. The first-order valence-corrected chi connectivity index (χ1v) is 14.7. The SMILES string of the molecule is CCN1CCN(Cc2ccc(NC(=O)c3cccc(-c4ccc5nc(NC6CC6)sc5n4)c3)cc2C(F)(F)F)CC1. The Morgan fingerprint density at radius 3 is 2.51 bits per heavy atom. The Morgan fingerprint density at radius 2 is 1.78 bits per heavy atom. The fourth-order valence-corrected chi connectivity index (χ4v) is 5.94. The number of carbonyl (C=O) groups is 1. The van der Waals surface area contributed by atoms with Crippen molar-refractivity contribution in [2.24, 2.45) is 0 Å². The third-order valence-electron chi connectivity index (χ3n) is 7.56. The molecule has 41 heavy (non-hydrogen) atoms. The molecular formula is C30H31F3N6OS. The zero-order chi connectivity index (χ0) is 28.6. The molecule has 2 aromatic heterocycles. The number of benzene rings is 2. The minimum absolute atomic E-state index is 0.104. The lowest BCUT2D eigenvalue weighted by Gasteiger charge is -2.34. The van der Waals surface area contributed by atoms with Crippen LogP contribution in [0.4, 0.5) is 24.0 Å². The summed E-state index contributed by atoms with van der Waals surface area (Å²) in [7, 11) is 0. The van der Waals surface area contributed by atoms with Crippen molar-refractivity contribution in [3.05, 3.63) is 71.3 Å². The topological polar surface area (TPSA) is 73.4 Å². The van der Waals surface area contributed by atoms with Gasteiger partial charge in [0.25, 0.3) is 5.91 Å². The van der Waals surface area contributed by atoms with Gasteiger partial charge in [0.15, 0.2) is 5.13 Å². The molecule has 2 N–H and O–H groups in total. The molecule has 3 heterocycles. The highest BCUT2D eigenvalue weighted by molar-refractivity contribution is 7.21. The standard InChI is InChI=1S/C30H31F3N6OS/c1-2-38-12-14-39(15-13-38)18-21-6-7-23(17-24(21)30(31,32)33)34-27(40)20-5-3-4-19(16-20)25-10-11-26-28(36-25)41-29(37-26)35-22-8-9-22/h3-7,10-11,16-17,22H,2,8-9,12-15,18H2,1H3,(H,34,40)(H,35,37). The molecular weight excluding hydrogens is 549 g/mol. The first-order chi connectivity index (χ1) is 19.7. The lowest BCUT2D eigenvalue weighted by molar-refractivity contribution is -0.138. The molecule has 1 amide bonds. The van der Waals surface area contributed by atoms with Gasteiger partial charge in [0, 0.05) is 55.6 Å². The monoisotopic (exact) mass is 580 g/mol. The number of amides is 1. The van der Waals surface area contributed by atoms with Crippen LogP contribution >= 0.6 is 11.3 Å². The quantitative estimate of drug-likeness (QED) is 0.253. The van der Waals surface area contributed by atoms with Crippen molar-refractivity contribution in [1.82, 2.24) is 19.8 Å². The molecule has 1 aliphatic carbocycles. The maximum absolute atomic E-state index is 14.0. The molecule has 2 fully saturated rings. The Hall–Kier alpha value is -3.54. The maximum atomic E-state index is 14.0. The van der Waals surface area contributed by atoms with E-state index in [2.05, 4.69) is 27.4 Å². The van der Waals surface area contributed by atoms with Crippen LogP contribution in [-0.2, 0) is 12.7 Å². The molecule has 0 unspecified atom stereocenters. The van der Waals surface area contributed by atoms with Gasteiger partial charge in [0.2, 0.25) is 0 Å². The van der Waals surface area contributed by atoms with Gasteiger partial charge in [-0.2, -0.15) is 13.2 Å². The highest BCUT2D eigenvalue weighted by Gasteiger charge is 2.34. The first kappa shape index (κ1) is 27.6. The van der Waals surface area contributed by atoms with E-state index in [0.29, 0.717) is 17.3 Å². The molecule has 0 radical (unpaired) electrons. The van der Waals surface area contributed by atoms with E-state index < -0.39 is 17.6 Å². The second kappa shape index (κ2) is 11.4. The summed E-state index contributed by atoms with van der Waals surface area (Å²) in [4.78, 5) is 27.6. The van der Waals surface area contributed by atoms with Gasteiger partial charge in [-0.05, 0) is 61.3 Å². The van der Waals surface area contributed by atoms with Crippen LogP contribution in [0, 0.1) is 0 Å². The van der Waals surface area contributed by atoms with Gasteiger partial charge >= 0.3 is 6.18 Å². The number of fused-ring (bicyclic) bond motifs is 1. The highest BCUT2D eigenvalue weighted by Crippen LogP contribution is 2.35. The van der Waals surface area contributed by atoms with E-state index in [1.54, 1.807) is 24.3 Å². The van der Waals surface area contributed by atoms with E-state index in [-0.39, 0.29) is 17.8 Å². The maximum Gasteiger partial charge on any atom is 0.416 e. The molecule has 0 atom stereocenters. The van der Waals surface area contributed by atoms with Gasteiger partial charge < -0.3 is 15.5 Å². The van der Waals surface area contributed by atoms with Crippen LogP contribution in [0.1, 0.15) is 41.3 Å². The van der Waals surface area contributed by atoms with Crippen molar-refractivity contribution in [2.45, 2.75) is 38.5 Å². The number of anilines is 2. The van der Waals surface area contributed by atoms with Crippen molar-refractivity contribution >= 4 is 38.4 Å². The van der Waals surface area contributed by atoms with E-state index >= 15 is 0 Å². The van der Waals surface area contributed by atoms with Crippen molar-refractivity contribution < 1.29 is 18.0 Å². The zero-order valence-electron chi connectivity index (χ0n) is 22.7. The van der Waals surface area contributed by atoms with Gasteiger partial charge in [-0.3, -0.25) is 9.69 Å². The molecule has 7 nitrogen and oxygen atoms in total. The number of nitrogens with one attached hydrogen (secondary N) is 2. The molecule has 11 heteroatoms. The van der Waals surface area contributed by atoms with Crippen LogP contribution in [0.3, 0.4) is 0 Å². The summed E-state index contributed by atoms with van der Waals surface area (Å²) in [6, 6.07) is 15.2. The molecule has 1 saturated carbocycles.